The third kappa shape index (κ3) is 3.71. The zero-order valence-electron chi connectivity index (χ0n) is 10.5. The zero-order valence-corrected chi connectivity index (χ0v) is 12.0. The molecule has 0 aliphatic heterocycles. The number of aromatic nitrogens is 2. The summed E-state index contributed by atoms with van der Waals surface area (Å²) in [7, 11) is 3.41. The third-order valence-corrected chi connectivity index (χ3v) is 3.37. The van der Waals surface area contributed by atoms with Gasteiger partial charge >= 0.3 is 0 Å². The summed E-state index contributed by atoms with van der Waals surface area (Å²) < 4.78 is 5.47. The van der Waals surface area contributed by atoms with Crippen LogP contribution in [-0.2, 0) is 4.79 Å². The van der Waals surface area contributed by atoms with Gasteiger partial charge in [0, 0.05) is 24.7 Å². The second-order valence-corrected chi connectivity index (χ2v) is 5.32. The van der Waals surface area contributed by atoms with E-state index in [1.165, 1.54) is 16.7 Å². The van der Waals surface area contributed by atoms with E-state index >= 15 is 0 Å². The van der Waals surface area contributed by atoms with E-state index in [1.54, 1.807) is 38.4 Å². The molecule has 0 aliphatic rings. The quantitative estimate of drug-likeness (QED) is 0.812. The molecule has 0 atom stereocenters. The van der Waals surface area contributed by atoms with Crippen molar-refractivity contribution in [3.63, 3.8) is 0 Å². The van der Waals surface area contributed by atoms with E-state index in [0.717, 1.165) is 5.56 Å². The lowest BCUT2D eigenvalue weighted by atomic mass is 10.2. The van der Waals surface area contributed by atoms with Gasteiger partial charge in [0.05, 0.1) is 5.75 Å². The Morgan fingerprint density at radius 2 is 2.00 bits per heavy atom. The Morgan fingerprint density at radius 1 is 1.32 bits per heavy atom. The Labute approximate surface area is 119 Å². The van der Waals surface area contributed by atoms with Gasteiger partial charge in [0.2, 0.25) is 11.8 Å². The first-order valence-electron chi connectivity index (χ1n) is 5.48. The summed E-state index contributed by atoms with van der Waals surface area (Å²) in [4.78, 5) is 12.9. The van der Waals surface area contributed by atoms with E-state index in [9.17, 15) is 4.79 Å². The van der Waals surface area contributed by atoms with Crippen LogP contribution in [0.3, 0.4) is 0 Å². The van der Waals surface area contributed by atoms with Crippen molar-refractivity contribution in [2.24, 2.45) is 0 Å². The molecule has 0 aliphatic carbocycles. The minimum Gasteiger partial charge on any atom is -0.411 e. The molecule has 1 aromatic carbocycles. The molecule has 0 spiro atoms. The summed E-state index contributed by atoms with van der Waals surface area (Å²) in [6.45, 7) is 0. The predicted octanol–water partition coefficient (Wildman–Crippen LogP) is 2.57. The Balaban J connectivity index is 2.03. The van der Waals surface area contributed by atoms with E-state index in [4.69, 9.17) is 16.0 Å². The molecule has 0 saturated heterocycles. The van der Waals surface area contributed by atoms with Crippen LogP contribution in [0.15, 0.2) is 33.9 Å². The van der Waals surface area contributed by atoms with Gasteiger partial charge in [-0.1, -0.05) is 23.4 Å². The maximum Gasteiger partial charge on any atom is 0.277 e. The Morgan fingerprint density at radius 3 is 2.63 bits per heavy atom. The summed E-state index contributed by atoms with van der Waals surface area (Å²) in [5.41, 5.74) is 0.794. The fraction of sp³-hybridized carbons (Fsp3) is 0.250. The van der Waals surface area contributed by atoms with Crippen LogP contribution in [-0.4, -0.2) is 40.9 Å². The van der Waals surface area contributed by atoms with Crippen LogP contribution in [0, 0.1) is 0 Å². The minimum atomic E-state index is -0.00348. The van der Waals surface area contributed by atoms with Gasteiger partial charge in [-0.05, 0) is 24.3 Å². The second-order valence-electron chi connectivity index (χ2n) is 3.96. The first-order chi connectivity index (χ1) is 9.06. The summed E-state index contributed by atoms with van der Waals surface area (Å²) in [6, 6.07) is 7.11. The van der Waals surface area contributed by atoms with E-state index in [2.05, 4.69) is 10.2 Å². The number of carbonyl (C=O) groups excluding carboxylic acids is 1. The molecule has 2 rings (SSSR count). The molecule has 1 amide bonds. The summed E-state index contributed by atoms with van der Waals surface area (Å²) in [6.07, 6.45) is 0. The molecule has 1 aromatic heterocycles. The molecule has 0 radical (unpaired) electrons. The average Bonchev–Trinajstić information content (AvgIpc) is 2.85. The van der Waals surface area contributed by atoms with E-state index < -0.39 is 0 Å². The number of hydrogen-bond acceptors (Lipinski definition) is 5. The lowest BCUT2D eigenvalue weighted by Gasteiger charge is -2.07. The fourth-order valence-electron chi connectivity index (χ4n) is 1.23. The lowest BCUT2D eigenvalue weighted by molar-refractivity contribution is -0.125. The molecule has 2 aromatic rings. The third-order valence-electron chi connectivity index (χ3n) is 2.32. The van der Waals surface area contributed by atoms with Crippen LogP contribution in [0.1, 0.15) is 0 Å². The standard InChI is InChI=1S/C12H12ClN3O2S/c1-16(2)10(17)7-19-12-15-14-11(18-12)8-3-5-9(13)6-4-8/h3-6H,7H2,1-2H3. The number of hydrogen-bond donors (Lipinski definition) is 0. The topological polar surface area (TPSA) is 59.2 Å². The lowest BCUT2D eigenvalue weighted by Crippen LogP contribution is -2.23. The highest BCUT2D eigenvalue weighted by molar-refractivity contribution is 7.99. The highest BCUT2D eigenvalue weighted by Gasteiger charge is 2.11. The van der Waals surface area contributed by atoms with Gasteiger partial charge in [-0.2, -0.15) is 0 Å². The number of rotatable bonds is 4. The monoisotopic (exact) mass is 297 g/mol. The molecule has 1 heterocycles. The van der Waals surface area contributed by atoms with Crippen LogP contribution in [0.2, 0.25) is 5.02 Å². The Hall–Kier alpha value is -1.53. The van der Waals surface area contributed by atoms with Crippen molar-refractivity contribution < 1.29 is 9.21 Å². The first kappa shape index (κ1) is 13.9. The largest absolute Gasteiger partial charge is 0.411 e. The first-order valence-corrected chi connectivity index (χ1v) is 6.85. The van der Waals surface area contributed by atoms with Crippen LogP contribution in [0.5, 0.6) is 0 Å². The van der Waals surface area contributed by atoms with Crippen LogP contribution < -0.4 is 0 Å². The molecule has 0 saturated carbocycles. The van der Waals surface area contributed by atoms with Crippen molar-refractivity contribution in [3.8, 4) is 11.5 Å². The van der Waals surface area contributed by atoms with E-state index in [0.29, 0.717) is 16.1 Å². The fourth-order valence-corrected chi connectivity index (χ4v) is 2.10. The van der Waals surface area contributed by atoms with Crippen molar-refractivity contribution in [2.75, 3.05) is 19.8 Å². The molecule has 19 heavy (non-hydrogen) atoms. The summed E-state index contributed by atoms with van der Waals surface area (Å²) in [5.74, 6) is 0.683. The van der Waals surface area contributed by atoms with Gasteiger partial charge in [-0.3, -0.25) is 4.79 Å². The normalized spacial score (nSPS) is 10.5. The van der Waals surface area contributed by atoms with Gasteiger partial charge in [0.1, 0.15) is 0 Å². The molecule has 0 bridgehead atoms. The Bertz CT molecular complexity index is 569. The molecule has 0 unspecified atom stereocenters. The highest BCUT2D eigenvalue weighted by Crippen LogP contribution is 2.24. The maximum absolute atomic E-state index is 11.4. The molecule has 7 heteroatoms. The van der Waals surface area contributed by atoms with Crippen molar-refractivity contribution in [1.82, 2.24) is 15.1 Å². The van der Waals surface area contributed by atoms with Gasteiger partial charge in [0.25, 0.3) is 5.22 Å². The molecule has 0 fully saturated rings. The number of nitrogens with zero attached hydrogens (tertiary/aromatic N) is 3. The van der Waals surface area contributed by atoms with E-state index in [-0.39, 0.29) is 11.7 Å². The minimum absolute atomic E-state index is 0.00348. The summed E-state index contributed by atoms with van der Waals surface area (Å²) >= 11 is 7.02. The predicted molar refractivity (Wildman–Crippen MR) is 74.2 cm³/mol. The van der Waals surface area contributed by atoms with Crippen LogP contribution in [0.25, 0.3) is 11.5 Å². The van der Waals surface area contributed by atoms with Crippen molar-refractivity contribution in [3.05, 3.63) is 29.3 Å². The molecular formula is C12H12ClN3O2S. The smallest absolute Gasteiger partial charge is 0.277 e. The number of carbonyl (C=O) groups is 1. The molecule has 5 nitrogen and oxygen atoms in total. The SMILES string of the molecule is CN(C)C(=O)CSc1nnc(-c2ccc(Cl)cc2)o1. The Kier molecular flexibility index (Phi) is 4.44. The maximum atomic E-state index is 11.4. The second kappa shape index (κ2) is 6.08. The van der Waals surface area contributed by atoms with Crippen molar-refractivity contribution in [2.45, 2.75) is 5.22 Å². The molecule has 100 valence electrons. The highest BCUT2D eigenvalue weighted by atomic mass is 35.5. The average molecular weight is 298 g/mol. The zero-order chi connectivity index (χ0) is 13.8. The van der Waals surface area contributed by atoms with Gasteiger partial charge < -0.3 is 9.32 Å². The van der Waals surface area contributed by atoms with Crippen molar-refractivity contribution >= 4 is 29.3 Å². The van der Waals surface area contributed by atoms with Crippen molar-refractivity contribution in [1.29, 1.82) is 0 Å². The number of amides is 1. The van der Waals surface area contributed by atoms with Crippen LogP contribution >= 0.6 is 23.4 Å². The number of thioether (sulfide) groups is 1. The molecule has 0 N–H and O–H groups in total. The molecular weight excluding hydrogens is 286 g/mol. The van der Waals surface area contributed by atoms with Crippen LogP contribution in [0.4, 0.5) is 0 Å². The van der Waals surface area contributed by atoms with Gasteiger partial charge in [0.15, 0.2) is 0 Å². The van der Waals surface area contributed by atoms with Gasteiger partial charge in [-0.25, -0.2) is 0 Å². The summed E-state index contributed by atoms with van der Waals surface area (Å²) in [5, 5.41) is 8.85. The number of benzene rings is 1. The van der Waals surface area contributed by atoms with E-state index in [1.807, 2.05) is 0 Å². The number of halogens is 1. The van der Waals surface area contributed by atoms with Gasteiger partial charge in [-0.15, -0.1) is 10.2 Å².